The third-order valence-corrected chi connectivity index (χ3v) is 6.06. The van der Waals surface area contributed by atoms with Crippen molar-refractivity contribution >= 4 is 57.3 Å². The number of nitrogens with one attached hydrogen (secondary N) is 3. The second-order valence-electron chi connectivity index (χ2n) is 7.19. The summed E-state index contributed by atoms with van der Waals surface area (Å²) in [7, 11) is 0. The molecule has 162 valence electrons. The highest BCUT2D eigenvalue weighted by Gasteiger charge is 2.25. The molecule has 1 aromatic heterocycles. The van der Waals surface area contributed by atoms with Gasteiger partial charge in [-0.3, -0.25) is 10.1 Å². The molecule has 0 radical (unpaired) electrons. The maximum absolute atomic E-state index is 12.8. The molecule has 0 aliphatic rings. The highest BCUT2D eigenvalue weighted by atomic mass is 35.5. The fourth-order valence-corrected chi connectivity index (χ4v) is 3.88. The minimum atomic E-state index is -0.802. The van der Waals surface area contributed by atoms with E-state index in [-0.39, 0.29) is 10.9 Å². The molecule has 0 bridgehead atoms. The van der Waals surface area contributed by atoms with Crippen molar-refractivity contribution in [2.75, 3.05) is 10.6 Å². The molecule has 0 saturated carbocycles. The first-order chi connectivity index (χ1) is 14.7. The summed E-state index contributed by atoms with van der Waals surface area (Å²) >= 11 is 13.3. The Balaban J connectivity index is 1.67. The first kappa shape index (κ1) is 23.0. The molecule has 3 aromatic rings. The average Bonchev–Trinajstić information content (AvgIpc) is 3.18. The van der Waals surface area contributed by atoms with Gasteiger partial charge in [0.15, 0.2) is 0 Å². The van der Waals surface area contributed by atoms with Crippen molar-refractivity contribution in [2.45, 2.75) is 26.8 Å². The second kappa shape index (κ2) is 10.1. The van der Waals surface area contributed by atoms with Crippen LogP contribution in [0.5, 0.6) is 0 Å². The lowest BCUT2D eigenvalue weighted by atomic mass is 10.0. The molecule has 0 fully saturated rings. The molecule has 1 heterocycles. The van der Waals surface area contributed by atoms with Crippen LogP contribution in [0.3, 0.4) is 0 Å². The van der Waals surface area contributed by atoms with Gasteiger partial charge in [0.25, 0.3) is 0 Å². The van der Waals surface area contributed by atoms with Crippen LogP contribution >= 0.6 is 34.5 Å². The summed E-state index contributed by atoms with van der Waals surface area (Å²) in [5, 5.41) is 17.8. The van der Waals surface area contributed by atoms with Crippen LogP contribution in [0.25, 0.3) is 10.6 Å². The molecule has 1 atom stereocenters. The number of aryl methyl sites for hydroxylation is 1. The topological polar surface area (TPSA) is 96.0 Å². The molecule has 3 N–H and O–H groups in total. The van der Waals surface area contributed by atoms with Gasteiger partial charge in [-0.25, -0.2) is 4.79 Å². The van der Waals surface area contributed by atoms with Crippen molar-refractivity contribution in [3.8, 4) is 10.6 Å². The average molecular weight is 478 g/mol. The highest BCUT2D eigenvalue weighted by Crippen LogP contribution is 2.29. The molecule has 10 heteroatoms. The lowest BCUT2D eigenvalue weighted by Crippen LogP contribution is -2.48. The molecule has 2 aromatic carbocycles. The standard InChI is InChI=1S/C21H21Cl2N5O2S/c1-11(2)17(25-20(30)24-15-9-5-8-14(22)16(15)23)18(29)26-21-28-27-19(31-21)13-7-4-6-12(3)10-13/h4-11,17H,1-3H3,(H2,24,25,30)(H,26,28,29)/t17-/m1/s1. The molecule has 3 rings (SSSR count). The molecule has 0 saturated heterocycles. The third-order valence-electron chi connectivity index (χ3n) is 4.36. The number of nitrogens with zero attached hydrogens (tertiary/aromatic N) is 2. The number of anilines is 2. The number of amides is 3. The van der Waals surface area contributed by atoms with E-state index in [0.29, 0.717) is 20.8 Å². The van der Waals surface area contributed by atoms with Gasteiger partial charge in [0.05, 0.1) is 15.7 Å². The quantitative estimate of drug-likeness (QED) is 0.430. The van der Waals surface area contributed by atoms with Crippen LogP contribution < -0.4 is 16.0 Å². The molecule has 0 spiro atoms. The van der Waals surface area contributed by atoms with E-state index >= 15 is 0 Å². The summed E-state index contributed by atoms with van der Waals surface area (Å²) < 4.78 is 0. The Morgan fingerprint density at radius 3 is 2.48 bits per heavy atom. The van der Waals surface area contributed by atoms with Gasteiger partial charge >= 0.3 is 6.03 Å². The largest absolute Gasteiger partial charge is 0.326 e. The van der Waals surface area contributed by atoms with E-state index in [1.807, 2.05) is 45.0 Å². The first-order valence-corrected chi connectivity index (χ1v) is 11.0. The Morgan fingerprint density at radius 1 is 1.03 bits per heavy atom. The van der Waals surface area contributed by atoms with Crippen LogP contribution in [0.15, 0.2) is 42.5 Å². The van der Waals surface area contributed by atoms with Gasteiger partial charge in [-0.05, 0) is 31.0 Å². The second-order valence-corrected chi connectivity index (χ2v) is 8.96. The van der Waals surface area contributed by atoms with Crippen LogP contribution in [-0.2, 0) is 4.79 Å². The lowest BCUT2D eigenvalue weighted by Gasteiger charge is -2.21. The zero-order valence-corrected chi connectivity index (χ0v) is 19.4. The van der Waals surface area contributed by atoms with Crippen molar-refractivity contribution < 1.29 is 9.59 Å². The molecule has 31 heavy (non-hydrogen) atoms. The molecule has 0 unspecified atom stereocenters. The fourth-order valence-electron chi connectivity index (χ4n) is 2.79. The highest BCUT2D eigenvalue weighted by molar-refractivity contribution is 7.18. The Hall–Kier alpha value is -2.68. The lowest BCUT2D eigenvalue weighted by molar-refractivity contribution is -0.118. The van der Waals surface area contributed by atoms with E-state index in [2.05, 4.69) is 26.1 Å². The van der Waals surface area contributed by atoms with Gasteiger partial charge < -0.3 is 10.6 Å². The molecule has 0 aliphatic heterocycles. The number of urea groups is 1. The van der Waals surface area contributed by atoms with Crippen molar-refractivity contribution in [2.24, 2.45) is 5.92 Å². The van der Waals surface area contributed by atoms with E-state index in [1.54, 1.807) is 18.2 Å². The number of carbonyl (C=O) groups excluding carboxylic acids is 2. The van der Waals surface area contributed by atoms with Gasteiger partial charge in [-0.2, -0.15) is 0 Å². The Bertz CT molecular complexity index is 1100. The summed E-state index contributed by atoms with van der Waals surface area (Å²) in [6, 6.07) is 11.4. The predicted octanol–water partition coefficient (Wildman–Crippen LogP) is 5.61. The summed E-state index contributed by atoms with van der Waals surface area (Å²) in [5.41, 5.74) is 2.38. The Morgan fingerprint density at radius 2 is 1.77 bits per heavy atom. The van der Waals surface area contributed by atoms with Crippen LogP contribution in [-0.4, -0.2) is 28.2 Å². The van der Waals surface area contributed by atoms with E-state index in [4.69, 9.17) is 23.2 Å². The minimum Gasteiger partial charge on any atom is -0.326 e. The Kier molecular flexibility index (Phi) is 7.48. The molecule has 7 nitrogen and oxygen atoms in total. The SMILES string of the molecule is Cc1cccc(-c2nnc(NC(=O)[C@H](NC(=O)Nc3cccc(Cl)c3Cl)C(C)C)s2)c1. The van der Waals surface area contributed by atoms with E-state index in [0.717, 1.165) is 11.1 Å². The van der Waals surface area contributed by atoms with Gasteiger partial charge in [0.1, 0.15) is 11.0 Å². The van der Waals surface area contributed by atoms with E-state index in [9.17, 15) is 9.59 Å². The summed E-state index contributed by atoms with van der Waals surface area (Å²) in [6.45, 7) is 5.65. The number of carbonyl (C=O) groups is 2. The maximum Gasteiger partial charge on any atom is 0.319 e. The van der Waals surface area contributed by atoms with Crippen molar-refractivity contribution in [3.05, 3.63) is 58.1 Å². The fraction of sp³-hybridized carbons (Fsp3) is 0.238. The van der Waals surface area contributed by atoms with Gasteiger partial charge in [0, 0.05) is 5.56 Å². The van der Waals surface area contributed by atoms with Gasteiger partial charge in [0.2, 0.25) is 11.0 Å². The summed E-state index contributed by atoms with van der Waals surface area (Å²) in [6.07, 6.45) is 0. The van der Waals surface area contributed by atoms with Crippen LogP contribution in [0.2, 0.25) is 10.0 Å². The molecule has 0 aliphatic carbocycles. The molecule has 3 amide bonds. The maximum atomic E-state index is 12.8. The zero-order valence-electron chi connectivity index (χ0n) is 17.1. The normalized spacial score (nSPS) is 11.8. The number of benzene rings is 2. The monoisotopic (exact) mass is 477 g/mol. The zero-order chi connectivity index (χ0) is 22.5. The first-order valence-electron chi connectivity index (χ1n) is 9.47. The minimum absolute atomic E-state index is 0.176. The number of halogens is 2. The molecular weight excluding hydrogens is 457 g/mol. The van der Waals surface area contributed by atoms with Gasteiger partial charge in [-0.1, -0.05) is 78.2 Å². The third kappa shape index (κ3) is 5.94. The smallest absolute Gasteiger partial charge is 0.319 e. The van der Waals surface area contributed by atoms with Crippen molar-refractivity contribution in [3.63, 3.8) is 0 Å². The van der Waals surface area contributed by atoms with Gasteiger partial charge in [-0.15, -0.1) is 10.2 Å². The number of hydrogen-bond donors (Lipinski definition) is 3. The van der Waals surface area contributed by atoms with Crippen LogP contribution in [0.4, 0.5) is 15.6 Å². The van der Waals surface area contributed by atoms with Crippen molar-refractivity contribution in [1.82, 2.24) is 15.5 Å². The number of rotatable bonds is 6. The summed E-state index contributed by atoms with van der Waals surface area (Å²) in [4.78, 5) is 25.2. The van der Waals surface area contributed by atoms with Crippen LogP contribution in [0, 0.1) is 12.8 Å². The van der Waals surface area contributed by atoms with Crippen LogP contribution in [0.1, 0.15) is 19.4 Å². The predicted molar refractivity (Wildman–Crippen MR) is 126 cm³/mol. The number of aromatic nitrogens is 2. The van der Waals surface area contributed by atoms with Crippen molar-refractivity contribution in [1.29, 1.82) is 0 Å². The Labute approximate surface area is 194 Å². The van der Waals surface area contributed by atoms with E-state index in [1.165, 1.54) is 11.3 Å². The van der Waals surface area contributed by atoms with E-state index < -0.39 is 18.0 Å². The molecular formula is C21H21Cl2N5O2S. The summed E-state index contributed by atoms with van der Waals surface area (Å²) in [5.74, 6) is -0.570. The number of hydrogen-bond acceptors (Lipinski definition) is 5.